The van der Waals surface area contributed by atoms with Gasteiger partial charge in [0.1, 0.15) is 18.1 Å². The molecule has 4 aromatic rings. The summed E-state index contributed by atoms with van der Waals surface area (Å²) in [6.07, 6.45) is 1.02. The van der Waals surface area contributed by atoms with Gasteiger partial charge in [0.05, 0.1) is 23.9 Å². The monoisotopic (exact) mass is 563 g/mol. The number of rotatable bonds is 8. The second-order valence-corrected chi connectivity index (χ2v) is 11.8. The number of sulfone groups is 1. The molecule has 9 nitrogen and oxygen atoms in total. The predicted molar refractivity (Wildman–Crippen MR) is 146 cm³/mol. The highest BCUT2D eigenvalue weighted by Gasteiger charge is 2.35. The molecule has 0 spiro atoms. The number of para-hydroxylation sites is 1. The molecular weight excluding hydrogens is 537 g/mol. The highest BCUT2D eigenvalue weighted by Crippen LogP contribution is 2.38. The zero-order chi connectivity index (χ0) is 28.6. The van der Waals surface area contributed by atoms with Crippen LogP contribution in [0.15, 0.2) is 66.7 Å². The van der Waals surface area contributed by atoms with Crippen molar-refractivity contribution in [2.24, 2.45) is 0 Å². The number of nitrogens with zero attached hydrogens (tertiary/aromatic N) is 1. The first-order valence-electron chi connectivity index (χ1n) is 12.5. The van der Waals surface area contributed by atoms with Gasteiger partial charge in [-0.05, 0) is 29.7 Å². The number of carbonyl (C=O) groups is 3. The van der Waals surface area contributed by atoms with E-state index in [-0.39, 0.29) is 30.3 Å². The number of carbonyl (C=O) groups excluding carboxylic acids is 3. The first kappa shape index (κ1) is 27.1. The summed E-state index contributed by atoms with van der Waals surface area (Å²) in [6.45, 7) is 1.60. The first-order valence-corrected chi connectivity index (χ1v) is 14.5. The average Bonchev–Trinajstić information content (AvgIpc) is 3.47. The van der Waals surface area contributed by atoms with E-state index in [1.807, 2.05) is 30.3 Å². The number of urea groups is 1. The number of imide groups is 1. The van der Waals surface area contributed by atoms with Gasteiger partial charge in [-0.25, -0.2) is 22.4 Å². The fraction of sp³-hybridized carbons (Fsp3) is 0.207. The molecule has 3 amide bonds. The van der Waals surface area contributed by atoms with Crippen LogP contribution in [0.2, 0.25) is 0 Å². The van der Waals surface area contributed by atoms with Gasteiger partial charge < -0.3 is 15.0 Å². The lowest BCUT2D eigenvalue weighted by Crippen LogP contribution is -2.33. The number of H-pyrrole nitrogens is 1. The molecule has 3 aromatic carbocycles. The maximum atomic E-state index is 15.1. The van der Waals surface area contributed by atoms with Crippen LogP contribution in [0.3, 0.4) is 0 Å². The van der Waals surface area contributed by atoms with Crippen LogP contribution in [-0.4, -0.2) is 49.0 Å². The minimum absolute atomic E-state index is 0.00183. The Hall–Kier alpha value is -4.51. The Kier molecular flexibility index (Phi) is 7.16. The summed E-state index contributed by atoms with van der Waals surface area (Å²) in [5, 5.41) is 3.05. The Morgan fingerprint density at radius 1 is 1.07 bits per heavy atom. The quantitative estimate of drug-likeness (QED) is 0.240. The largest absolute Gasteiger partial charge is 0.456 e. The maximum Gasteiger partial charge on any atom is 0.355 e. The molecule has 2 N–H and O–H groups in total. The van der Waals surface area contributed by atoms with E-state index in [2.05, 4.69) is 10.3 Å². The van der Waals surface area contributed by atoms with Crippen molar-refractivity contribution in [2.75, 3.05) is 12.8 Å². The molecule has 0 bridgehead atoms. The smallest absolute Gasteiger partial charge is 0.355 e. The number of aromatic nitrogens is 1. The van der Waals surface area contributed by atoms with E-state index >= 15 is 4.39 Å². The number of esters is 1. The molecule has 0 saturated carbocycles. The lowest BCUT2D eigenvalue weighted by atomic mass is 9.97. The van der Waals surface area contributed by atoms with Crippen LogP contribution >= 0.6 is 0 Å². The Balaban J connectivity index is 1.63. The van der Waals surface area contributed by atoms with Crippen molar-refractivity contribution >= 4 is 38.6 Å². The van der Waals surface area contributed by atoms with Crippen molar-refractivity contribution in [2.45, 2.75) is 25.3 Å². The van der Waals surface area contributed by atoms with Gasteiger partial charge in [0, 0.05) is 22.8 Å². The van der Waals surface area contributed by atoms with Crippen molar-refractivity contribution < 1.29 is 31.9 Å². The van der Waals surface area contributed by atoms with Crippen LogP contribution in [0.1, 0.15) is 40.1 Å². The van der Waals surface area contributed by atoms with E-state index < -0.39 is 39.4 Å². The summed E-state index contributed by atoms with van der Waals surface area (Å²) in [6, 6.07) is 17.2. The standard InChI is InChI=1S/C29H26FN3O6S/c1-17(33-24(34)14-31-29(33)36)21-9-6-10-22-25(19-11-12-20(23(30)13-19)16-40(2,37)38)27(32-26(21)22)28(35)39-15-18-7-4-3-5-8-18/h3-13,17,32H,14-16H2,1-2H3,(H,31,36). The minimum Gasteiger partial charge on any atom is -0.456 e. The van der Waals surface area contributed by atoms with Crippen LogP contribution in [0.5, 0.6) is 0 Å². The number of aromatic amines is 1. The Morgan fingerprint density at radius 3 is 2.48 bits per heavy atom. The fourth-order valence-electron chi connectivity index (χ4n) is 4.90. The summed E-state index contributed by atoms with van der Waals surface area (Å²) in [5.41, 5.74) is 2.56. The molecule has 206 valence electrons. The van der Waals surface area contributed by atoms with Crippen LogP contribution < -0.4 is 5.32 Å². The number of ether oxygens (including phenoxy) is 1. The Bertz CT molecular complexity index is 1730. The first-order chi connectivity index (χ1) is 19.0. The van der Waals surface area contributed by atoms with Gasteiger partial charge in [0.2, 0.25) is 0 Å². The molecule has 0 aliphatic carbocycles. The molecule has 1 aromatic heterocycles. The molecule has 1 unspecified atom stereocenters. The molecule has 1 atom stereocenters. The molecule has 1 saturated heterocycles. The average molecular weight is 564 g/mol. The van der Waals surface area contributed by atoms with Crippen LogP contribution in [0.25, 0.3) is 22.0 Å². The third-order valence-electron chi connectivity index (χ3n) is 6.76. The zero-order valence-electron chi connectivity index (χ0n) is 21.7. The predicted octanol–water partition coefficient (Wildman–Crippen LogP) is 4.49. The number of nitrogens with one attached hydrogen (secondary N) is 2. The maximum absolute atomic E-state index is 15.1. The molecule has 40 heavy (non-hydrogen) atoms. The highest BCUT2D eigenvalue weighted by atomic mass is 32.2. The number of hydrogen-bond acceptors (Lipinski definition) is 6. The van der Waals surface area contributed by atoms with Crippen LogP contribution in [-0.2, 0) is 31.7 Å². The second-order valence-electron chi connectivity index (χ2n) is 9.68. The second kappa shape index (κ2) is 10.6. The lowest BCUT2D eigenvalue weighted by Gasteiger charge is -2.22. The van der Waals surface area contributed by atoms with E-state index in [4.69, 9.17) is 4.74 Å². The molecule has 0 radical (unpaired) electrons. The van der Waals surface area contributed by atoms with E-state index in [0.29, 0.717) is 27.6 Å². The van der Waals surface area contributed by atoms with Crippen LogP contribution in [0.4, 0.5) is 9.18 Å². The van der Waals surface area contributed by atoms with Crippen molar-refractivity contribution in [3.05, 3.63) is 94.9 Å². The molecule has 2 heterocycles. The number of benzene rings is 3. The Labute approximate surface area is 229 Å². The summed E-state index contributed by atoms with van der Waals surface area (Å²) >= 11 is 0. The van der Waals surface area contributed by atoms with E-state index in [0.717, 1.165) is 16.7 Å². The number of hydrogen-bond donors (Lipinski definition) is 2. The zero-order valence-corrected chi connectivity index (χ0v) is 22.5. The summed E-state index contributed by atoms with van der Waals surface area (Å²) in [5.74, 6) is -2.27. The molecular formula is C29H26FN3O6S. The van der Waals surface area contributed by atoms with Gasteiger partial charge in [-0.1, -0.05) is 60.7 Å². The normalized spacial score (nSPS) is 14.4. The molecule has 1 aliphatic heterocycles. The highest BCUT2D eigenvalue weighted by molar-refractivity contribution is 7.89. The van der Waals surface area contributed by atoms with Gasteiger partial charge in [0.25, 0.3) is 5.91 Å². The van der Waals surface area contributed by atoms with Gasteiger partial charge in [-0.2, -0.15) is 0 Å². The van der Waals surface area contributed by atoms with Crippen molar-refractivity contribution in [1.29, 1.82) is 0 Å². The van der Waals surface area contributed by atoms with E-state index in [9.17, 15) is 22.8 Å². The van der Waals surface area contributed by atoms with Gasteiger partial charge >= 0.3 is 12.0 Å². The number of amides is 3. The Morgan fingerprint density at radius 2 is 1.82 bits per heavy atom. The molecule has 1 fully saturated rings. The third-order valence-corrected chi connectivity index (χ3v) is 7.59. The minimum atomic E-state index is -3.47. The number of halogens is 1. The van der Waals surface area contributed by atoms with Crippen molar-refractivity contribution in [3.63, 3.8) is 0 Å². The SMILES string of the molecule is CC(c1cccc2c(-c3ccc(CS(C)(=O)=O)c(F)c3)c(C(=O)OCc3ccccc3)[nH]c12)N1C(=O)CNC1=O. The third kappa shape index (κ3) is 5.32. The topological polar surface area (TPSA) is 126 Å². The molecule has 1 aliphatic rings. The van der Waals surface area contributed by atoms with Gasteiger partial charge in [0.15, 0.2) is 9.84 Å². The number of fused-ring (bicyclic) bond motifs is 1. The lowest BCUT2D eigenvalue weighted by molar-refractivity contribution is -0.126. The van der Waals surface area contributed by atoms with Gasteiger partial charge in [-0.3, -0.25) is 9.69 Å². The fourth-order valence-corrected chi connectivity index (χ4v) is 5.70. The van der Waals surface area contributed by atoms with Crippen molar-refractivity contribution in [3.8, 4) is 11.1 Å². The van der Waals surface area contributed by atoms with E-state index in [1.165, 1.54) is 12.1 Å². The van der Waals surface area contributed by atoms with Gasteiger partial charge in [-0.15, -0.1) is 0 Å². The molecule has 11 heteroatoms. The van der Waals surface area contributed by atoms with E-state index in [1.54, 1.807) is 31.2 Å². The summed E-state index contributed by atoms with van der Waals surface area (Å²) in [7, 11) is -3.47. The summed E-state index contributed by atoms with van der Waals surface area (Å²) < 4.78 is 44.2. The van der Waals surface area contributed by atoms with Crippen LogP contribution in [0, 0.1) is 5.82 Å². The summed E-state index contributed by atoms with van der Waals surface area (Å²) in [4.78, 5) is 42.4. The molecule has 5 rings (SSSR count). The van der Waals surface area contributed by atoms with Crippen molar-refractivity contribution in [1.82, 2.24) is 15.2 Å².